The number of benzene rings is 1. The van der Waals surface area contributed by atoms with Crippen molar-refractivity contribution in [3.63, 3.8) is 0 Å². The first-order chi connectivity index (χ1) is 12.0. The van der Waals surface area contributed by atoms with Gasteiger partial charge >= 0.3 is 6.03 Å². The van der Waals surface area contributed by atoms with Gasteiger partial charge in [-0.05, 0) is 24.6 Å². The molecule has 1 aliphatic rings. The molecule has 0 fully saturated rings. The molecule has 0 aliphatic carbocycles. The third kappa shape index (κ3) is 3.45. The lowest BCUT2D eigenvalue weighted by Crippen LogP contribution is -2.37. The lowest BCUT2D eigenvalue weighted by molar-refractivity contribution is 0.0743. The van der Waals surface area contributed by atoms with Crippen molar-refractivity contribution in [2.75, 3.05) is 18.9 Å². The van der Waals surface area contributed by atoms with E-state index in [2.05, 4.69) is 21.8 Å². The Balaban J connectivity index is 1.64. The highest BCUT2D eigenvalue weighted by Crippen LogP contribution is 2.16. The minimum absolute atomic E-state index is 0.113. The molecule has 2 aromatic rings. The zero-order valence-corrected chi connectivity index (χ0v) is 14.0. The molecule has 25 heavy (non-hydrogen) atoms. The summed E-state index contributed by atoms with van der Waals surface area (Å²) in [6, 6.07) is 9.99. The molecule has 0 bridgehead atoms. The molecule has 0 saturated heterocycles. The summed E-state index contributed by atoms with van der Waals surface area (Å²) in [5, 5.41) is 18.5. The molecular formula is C17H18N6O2. The Bertz CT molecular complexity index is 849. The van der Waals surface area contributed by atoms with Crippen LogP contribution in [0, 0.1) is 11.3 Å². The van der Waals surface area contributed by atoms with Crippen LogP contribution in [-0.4, -0.2) is 40.2 Å². The van der Waals surface area contributed by atoms with Gasteiger partial charge in [0.05, 0.1) is 24.2 Å². The van der Waals surface area contributed by atoms with Crippen molar-refractivity contribution in [1.29, 1.82) is 5.26 Å². The highest BCUT2D eigenvalue weighted by atomic mass is 16.2. The fourth-order valence-corrected chi connectivity index (χ4v) is 2.64. The molecule has 1 aromatic carbocycles. The van der Waals surface area contributed by atoms with Crippen LogP contribution >= 0.6 is 0 Å². The van der Waals surface area contributed by atoms with E-state index in [1.54, 1.807) is 47.0 Å². The molecule has 0 radical (unpaired) electrons. The predicted molar refractivity (Wildman–Crippen MR) is 90.9 cm³/mol. The van der Waals surface area contributed by atoms with E-state index < -0.39 is 6.03 Å². The van der Waals surface area contributed by atoms with E-state index in [4.69, 9.17) is 5.26 Å². The Kier molecular flexibility index (Phi) is 4.39. The molecule has 1 atom stereocenters. The van der Waals surface area contributed by atoms with Crippen LogP contribution in [0.5, 0.6) is 0 Å². The van der Waals surface area contributed by atoms with Crippen molar-refractivity contribution in [3.05, 3.63) is 47.2 Å². The summed E-state index contributed by atoms with van der Waals surface area (Å²) in [6.45, 7) is 3.04. The molecule has 128 valence electrons. The minimum atomic E-state index is -0.409. The lowest BCUT2D eigenvalue weighted by atomic mass is 10.1. The minimum Gasteiger partial charge on any atom is -0.339 e. The molecule has 0 spiro atoms. The summed E-state index contributed by atoms with van der Waals surface area (Å²) >= 11 is 0. The molecule has 1 aromatic heterocycles. The number of carbonyl (C=O) groups is 2. The summed E-state index contributed by atoms with van der Waals surface area (Å²) in [5.74, 6) is 0.223. The van der Waals surface area contributed by atoms with Crippen molar-refractivity contribution >= 4 is 17.8 Å². The van der Waals surface area contributed by atoms with Crippen LogP contribution in [0.25, 0.3) is 0 Å². The average Bonchev–Trinajstić information content (AvgIpc) is 3.01. The van der Waals surface area contributed by atoms with E-state index in [0.29, 0.717) is 30.2 Å². The van der Waals surface area contributed by atoms with E-state index in [1.165, 1.54) is 0 Å². The zero-order chi connectivity index (χ0) is 18.0. The van der Waals surface area contributed by atoms with Crippen molar-refractivity contribution in [3.8, 4) is 6.07 Å². The number of anilines is 1. The third-order valence-corrected chi connectivity index (χ3v) is 4.12. The van der Waals surface area contributed by atoms with Crippen molar-refractivity contribution < 1.29 is 9.59 Å². The van der Waals surface area contributed by atoms with E-state index in [-0.39, 0.29) is 11.9 Å². The van der Waals surface area contributed by atoms with Crippen LogP contribution in [-0.2, 0) is 6.54 Å². The summed E-state index contributed by atoms with van der Waals surface area (Å²) < 4.78 is 1.60. The van der Waals surface area contributed by atoms with Gasteiger partial charge in [-0.25, -0.2) is 4.79 Å². The Morgan fingerprint density at radius 2 is 2.04 bits per heavy atom. The van der Waals surface area contributed by atoms with Gasteiger partial charge in [0.2, 0.25) is 0 Å². The SMILES string of the molecule is CC(NC(=O)Nc1cc2n(n1)CCN(C)C2=O)c1ccc(C#N)cc1. The number of likely N-dealkylation sites (N-methyl/N-ethyl adjacent to an activating group) is 1. The second-order valence-electron chi connectivity index (χ2n) is 5.92. The Hall–Kier alpha value is -3.34. The van der Waals surface area contributed by atoms with Gasteiger partial charge in [0.15, 0.2) is 5.82 Å². The molecule has 8 nitrogen and oxygen atoms in total. The maximum atomic E-state index is 12.2. The van der Waals surface area contributed by atoms with Crippen LogP contribution < -0.4 is 10.6 Å². The zero-order valence-electron chi connectivity index (χ0n) is 14.0. The molecule has 1 aliphatic heterocycles. The maximum absolute atomic E-state index is 12.2. The molecule has 2 heterocycles. The highest BCUT2D eigenvalue weighted by molar-refractivity contribution is 5.95. The number of fused-ring (bicyclic) bond motifs is 1. The first kappa shape index (κ1) is 16.5. The van der Waals surface area contributed by atoms with E-state index in [9.17, 15) is 9.59 Å². The van der Waals surface area contributed by atoms with Gasteiger partial charge in [-0.1, -0.05) is 12.1 Å². The van der Waals surface area contributed by atoms with Gasteiger partial charge in [0.1, 0.15) is 5.69 Å². The predicted octanol–water partition coefficient (Wildman–Crippen LogP) is 1.72. The topological polar surface area (TPSA) is 103 Å². The van der Waals surface area contributed by atoms with Crippen LogP contribution in [0.15, 0.2) is 30.3 Å². The number of carbonyl (C=O) groups excluding carboxylic acids is 2. The number of urea groups is 1. The van der Waals surface area contributed by atoms with Crippen molar-refractivity contribution in [1.82, 2.24) is 20.0 Å². The smallest absolute Gasteiger partial charge is 0.320 e. The number of rotatable bonds is 3. The molecule has 3 amide bonds. The largest absolute Gasteiger partial charge is 0.339 e. The van der Waals surface area contributed by atoms with Crippen LogP contribution in [0.4, 0.5) is 10.6 Å². The lowest BCUT2D eigenvalue weighted by Gasteiger charge is -2.22. The summed E-state index contributed by atoms with van der Waals surface area (Å²) in [6.07, 6.45) is 0. The number of hydrogen-bond donors (Lipinski definition) is 2. The monoisotopic (exact) mass is 338 g/mol. The van der Waals surface area contributed by atoms with Gasteiger partial charge in [-0.15, -0.1) is 0 Å². The van der Waals surface area contributed by atoms with Crippen LogP contribution in [0.3, 0.4) is 0 Å². The Morgan fingerprint density at radius 3 is 2.72 bits per heavy atom. The first-order valence-electron chi connectivity index (χ1n) is 7.89. The molecule has 3 rings (SSSR count). The number of hydrogen-bond acceptors (Lipinski definition) is 4. The quantitative estimate of drug-likeness (QED) is 0.889. The second kappa shape index (κ2) is 6.65. The molecule has 8 heteroatoms. The van der Waals surface area contributed by atoms with Crippen LogP contribution in [0.2, 0.25) is 0 Å². The highest BCUT2D eigenvalue weighted by Gasteiger charge is 2.24. The summed E-state index contributed by atoms with van der Waals surface area (Å²) in [4.78, 5) is 25.8. The van der Waals surface area contributed by atoms with Crippen molar-refractivity contribution in [2.45, 2.75) is 19.5 Å². The molecular weight excluding hydrogens is 320 g/mol. The van der Waals surface area contributed by atoms with E-state index >= 15 is 0 Å². The molecule has 1 unspecified atom stereocenters. The number of nitrogens with zero attached hydrogens (tertiary/aromatic N) is 4. The maximum Gasteiger partial charge on any atom is 0.320 e. The first-order valence-corrected chi connectivity index (χ1v) is 7.89. The number of amides is 3. The van der Waals surface area contributed by atoms with Gasteiger partial charge in [-0.2, -0.15) is 10.4 Å². The van der Waals surface area contributed by atoms with Gasteiger partial charge < -0.3 is 10.2 Å². The average molecular weight is 338 g/mol. The Morgan fingerprint density at radius 1 is 1.32 bits per heavy atom. The molecule has 0 saturated carbocycles. The fourth-order valence-electron chi connectivity index (χ4n) is 2.64. The number of nitrogens with one attached hydrogen (secondary N) is 2. The van der Waals surface area contributed by atoms with Gasteiger partial charge in [-0.3, -0.25) is 14.8 Å². The molecule has 2 N–H and O–H groups in total. The Labute approximate surface area is 145 Å². The van der Waals surface area contributed by atoms with Crippen molar-refractivity contribution in [2.24, 2.45) is 0 Å². The normalized spacial score (nSPS) is 14.4. The second-order valence-corrected chi connectivity index (χ2v) is 5.92. The number of nitriles is 1. The standard InChI is InChI=1S/C17H18N6O2/c1-11(13-5-3-12(10-18)4-6-13)19-17(25)20-15-9-14-16(24)22(2)7-8-23(14)21-15/h3-6,9,11H,7-8H2,1-2H3,(H2,19,20,21,25). The summed E-state index contributed by atoms with van der Waals surface area (Å²) in [7, 11) is 1.73. The van der Waals surface area contributed by atoms with Gasteiger partial charge in [0.25, 0.3) is 5.91 Å². The number of aromatic nitrogens is 2. The fraction of sp³-hybridized carbons (Fsp3) is 0.294. The van der Waals surface area contributed by atoms with Crippen LogP contribution in [0.1, 0.15) is 34.6 Å². The third-order valence-electron chi connectivity index (χ3n) is 4.12. The van der Waals surface area contributed by atoms with E-state index in [1.807, 2.05) is 6.92 Å². The van der Waals surface area contributed by atoms with Gasteiger partial charge in [0, 0.05) is 19.7 Å². The summed E-state index contributed by atoms with van der Waals surface area (Å²) in [5.41, 5.74) is 1.91. The van der Waals surface area contributed by atoms with E-state index in [0.717, 1.165) is 5.56 Å².